The second kappa shape index (κ2) is 10.3. The summed E-state index contributed by atoms with van der Waals surface area (Å²) in [5.41, 5.74) is 8.57. The van der Waals surface area contributed by atoms with Gasteiger partial charge in [-0.2, -0.15) is 0 Å². The van der Waals surface area contributed by atoms with Gasteiger partial charge in [-0.1, -0.05) is 43.3 Å². The van der Waals surface area contributed by atoms with Crippen LogP contribution in [0.2, 0.25) is 0 Å². The van der Waals surface area contributed by atoms with Crippen LogP contribution < -0.4 is 10.9 Å². The fourth-order valence-electron chi connectivity index (χ4n) is 2.17. The van der Waals surface area contributed by atoms with E-state index in [9.17, 15) is 4.79 Å². The molecule has 0 aromatic heterocycles. The number of rotatable bonds is 8. The second-order valence-electron chi connectivity index (χ2n) is 5.09. The Morgan fingerprint density at radius 2 is 1.96 bits per heavy atom. The molecule has 0 aliphatic heterocycles. The van der Waals surface area contributed by atoms with Gasteiger partial charge in [0.1, 0.15) is 0 Å². The summed E-state index contributed by atoms with van der Waals surface area (Å²) >= 11 is 0. The number of aryl methyl sites for hydroxylation is 1. The van der Waals surface area contributed by atoms with Crippen molar-refractivity contribution in [1.82, 2.24) is 15.8 Å². The van der Waals surface area contributed by atoms with Crippen LogP contribution in [-0.4, -0.2) is 31.2 Å². The van der Waals surface area contributed by atoms with Crippen molar-refractivity contribution in [2.45, 2.75) is 26.8 Å². The van der Waals surface area contributed by atoms with Crippen molar-refractivity contribution in [3.8, 4) is 0 Å². The average molecular weight is 314 g/mol. The first-order chi connectivity index (χ1) is 11.1. The summed E-state index contributed by atoms with van der Waals surface area (Å²) in [7, 11) is 1.67. The van der Waals surface area contributed by atoms with Gasteiger partial charge < -0.3 is 4.90 Å². The fraction of sp³-hybridized carbons (Fsp3) is 0.333. The Bertz CT molecular complexity index is 561. The summed E-state index contributed by atoms with van der Waals surface area (Å²) in [6.07, 6.45) is 6.51. The van der Waals surface area contributed by atoms with Crippen LogP contribution in [0.15, 0.2) is 53.2 Å². The van der Waals surface area contributed by atoms with E-state index in [1.54, 1.807) is 18.1 Å². The van der Waals surface area contributed by atoms with Crippen molar-refractivity contribution in [3.05, 3.63) is 59.3 Å². The molecule has 2 amide bonds. The molecule has 0 aliphatic carbocycles. The number of carbonyl (C=O) groups excluding carboxylic acids is 1. The highest BCUT2D eigenvalue weighted by Gasteiger charge is 2.14. The number of aliphatic imine (C=N–C) groups is 1. The SMILES string of the molecule is C=N/C=C(\C=C/C)CN(Cc1ccc(CC)cc1)C(=O)NNC. The number of hydrogen-bond acceptors (Lipinski definition) is 3. The van der Waals surface area contributed by atoms with Crippen LogP contribution in [0.3, 0.4) is 0 Å². The van der Waals surface area contributed by atoms with Gasteiger partial charge in [-0.25, -0.2) is 10.2 Å². The fourth-order valence-corrected chi connectivity index (χ4v) is 2.17. The summed E-state index contributed by atoms with van der Waals surface area (Å²) < 4.78 is 0. The zero-order chi connectivity index (χ0) is 17.1. The Kier molecular flexibility index (Phi) is 8.39. The quantitative estimate of drug-likeness (QED) is 0.440. The first kappa shape index (κ1) is 18.6. The largest absolute Gasteiger partial charge is 0.332 e. The van der Waals surface area contributed by atoms with Crippen LogP contribution in [0.4, 0.5) is 4.79 Å². The molecule has 5 heteroatoms. The molecule has 0 fully saturated rings. The van der Waals surface area contributed by atoms with E-state index in [0.29, 0.717) is 13.1 Å². The Morgan fingerprint density at radius 3 is 2.48 bits per heavy atom. The van der Waals surface area contributed by atoms with Crippen LogP contribution in [0, 0.1) is 0 Å². The number of carbonyl (C=O) groups is 1. The molecule has 0 atom stereocenters. The van der Waals surface area contributed by atoms with Crippen molar-refractivity contribution in [2.75, 3.05) is 13.6 Å². The molecule has 0 spiro atoms. The van der Waals surface area contributed by atoms with Gasteiger partial charge in [0.25, 0.3) is 0 Å². The molecule has 0 bridgehead atoms. The topological polar surface area (TPSA) is 56.7 Å². The Morgan fingerprint density at radius 1 is 1.30 bits per heavy atom. The lowest BCUT2D eigenvalue weighted by atomic mass is 10.1. The van der Waals surface area contributed by atoms with Crippen LogP contribution in [0.5, 0.6) is 0 Å². The Labute approximate surface area is 138 Å². The average Bonchev–Trinajstić information content (AvgIpc) is 2.55. The van der Waals surface area contributed by atoms with Crippen molar-refractivity contribution in [3.63, 3.8) is 0 Å². The Balaban J connectivity index is 2.92. The summed E-state index contributed by atoms with van der Waals surface area (Å²) in [5, 5.41) is 0. The highest BCUT2D eigenvalue weighted by atomic mass is 16.2. The highest BCUT2D eigenvalue weighted by molar-refractivity contribution is 5.74. The summed E-state index contributed by atoms with van der Waals surface area (Å²) in [6.45, 7) is 8.50. The summed E-state index contributed by atoms with van der Waals surface area (Å²) in [6, 6.07) is 8.12. The maximum Gasteiger partial charge on any atom is 0.332 e. The lowest BCUT2D eigenvalue weighted by Gasteiger charge is -2.23. The predicted octanol–water partition coefficient (Wildman–Crippen LogP) is 3.06. The molecule has 1 aromatic carbocycles. The number of hydrazine groups is 1. The van der Waals surface area contributed by atoms with Crippen molar-refractivity contribution < 1.29 is 4.79 Å². The molecule has 0 saturated heterocycles. The van der Waals surface area contributed by atoms with Crippen LogP contribution in [-0.2, 0) is 13.0 Å². The van der Waals surface area contributed by atoms with E-state index in [-0.39, 0.29) is 6.03 Å². The predicted molar refractivity (Wildman–Crippen MR) is 96.3 cm³/mol. The normalized spacial score (nSPS) is 11.5. The molecule has 0 unspecified atom stereocenters. The lowest BCUT2D eigenvalue weighted by Crippen LogP contribution is -2.45. The molecule has 23 heavy (non-hydrogen) atoms. The molecule has 2 N–H and O–H groups in total. The lowest BCUT2D eigenvalue weighted by molar-refractivity contribution is 0.196. The van der Waals surface area contributed by atoms with E-state index in [1.165, 1.54) is 5.56 Å². The standard InChI is InChI=1S/C18H26N4O/c1-5-7-17(12-19-3)14-22(18(23)21-20-4)13-16-10-8-15(6-2)9-11-16/h5,7-12,20H,3,6,13-14H2,1-2,4H3,(H,21,23)/b7-5-,17-12+. The summed E-state index contributed by atoms with van der Waals surface area (Å²) in [5.74, 6) is 0. The minimum absolute atomic E-state index is 0.188. The Hall–Kier alpha value is -2.40. The minimum atomic E-state index is -0.188. The molecule has 0 heterocycles. The number of hydrogen-bond donors (Lipinski definition) is 2. The summed E-state index contributed by atoms with van der Waals surface area (Å²) in [4.78, 5) is 17.8. The van der Waals surface area contributed by atoms with E-state index in [2.05, 4.69) is 53.8 Å². The third-order valence-corrected chi connectivity index (χ3v) is 3.34. The maximum atomic E-state index is 12.3. The number of amides is 2. The number of benzene rings is 1. The number of urea groups is 1. The van der Waals surface area contributed by atoms with E-state index in [1.807, 2.05) is 19.1 Å². The van der Waals surface area contributed by atoms with E-state index >= 15 is 0 Å². The van der Waals surface area contributed by atoms with Gasteiger partial charge in [-0.15, -0.1) is 0 Å². The molecular weight excluding hydrogens is 288 g/mol. The first-order valence-electron chi connectivity index (χ1n) is 7.71. The first-order valence-corrected chi connectivity index (χ1v) is 7.71. The third kappa shape index (κ3) is 6.48. The molecule has 124 valence electrons. The second-order valence-corrected chi connectivity index (χ2v) is 5.09. The van der Waals surface area contributed by atoms with Gasteiger partial charge in [0.15, 0.2) is 0 Å². The van der Waals surface area contributed by atoms with Gasteiger partial charge in [-0.3, -0.25) is 10.4 Å². The van der Waals surface area contributed by atoms with Crippen LogP contribution in [0.25, 0.3) is 0 Å². The molecule has 1 rings (SSSR count). The number of nitrogens with one attached hydrogen (secondary N) is 2. The van der Waals surface area contributed by atoms with Gasteiger partial charge in [0.05, 0.1) is 0 Å². The highest BCUT2D eigenvalue weighted by Crippen LogP contribution is 2.11. The molecular formula is C18H26N4O. The zero-order valence-corrected chi connectivity index (χ0v) is 14.2. The van der Waals surface area contributed by atoms with Gasteiger partial charge >= 0.3 is 6.03 Å². The molecule has 1 aromatic rings. The smallest absolute Gasteiger partial charge is 0.315 e. The zero-order valence-electron chi connectivity index (χ0n) is 14.2. The van der Waals surface area contributed by atoms with Crippen LogP contribution >= 0.6 is 0 Å². The van der Waals surface area contributed by atoms with Crippen molar-refractivity contribution in [2.24, 2.45) is 4.99 Å². The van der Waals surface area contributed by atoms with E-state index in [4.69, 9.17) is 0 Å². The van der Waals surface area contributed by atoms with Crippen LogP contribution in [0.1, 0.15) is 25.0 Å². The van der Waals surface area contributed by atoms with E-state index < -0.39 is 0 Å². The van der Waals surface area contributed by atoms with Gasteiger partial charge in [0.2, 0.25) is 0 Å². The van der Waals surface area contributed by atoms with Crippen molar-refractivity contribution in [1.29, 1.82) is 0 Å². The molecule has 0 radical (unpaired) electrons. The van der Waals surface area contributed by atoms with Gasteiger partial charge in [0, 0.05) is 26.3 Å². The monoisotopic (exact) mass is 314 g/mol. The minimum Gasteiger partial charge on any atom is -0.315 e. The van der Waals surface area contributed by atoms with E-state index in [0.717, 1.165) is 17.6 Å². The molecule has 0 aliphatic rings. The molecule has 5 nitrogen and oxygen atoms in total. The van der Waals surface area contributed by atoms with Crippen molar-refractivity contribution >= 4 is 12.7 Å². The number of allylic oxidation sites excluding steroid dienone is 1. The molecule has 0 saturated carbocycles. The maximum absolute atomic E-state index is 12.3. The third-order valence-electron chi connectivity index (χ3n) is 3.34. The van der Waals surface area contributed by atoms with Gasteiger partial charge in [-0.05, 0) is 36.8 Å². The number of nitrogens with zero attached hydrogens (tertiary/aromatic N) is 2.